The van der Waals surface area contributed by atoms with Crippen molar-refractivity contribution in [1.82, 2.24) is 0 Å². The average molecular weight is 305 g/mol. The van der Waals surface area contributed by atoms with Gasteiger partial charge in [-0.3, -0.25) is 0 Å². The second kappa shape index (κ2) is 5.65. The van der Waals surface area contributed by atoms with E-state index in [2.05, 4.69) is 5.32 Å². The molecule has 1 aromatic heterocycles. The Hall–Kier alpha value is -2.21. The highest BCUT2D eigenvalue weighted by molar-refractivity contribution is 7.19. The van der Waals surface area contributed by atoms with E-state index in [4.69, 9.17) is 14.2 Å². The van der Waals surface area contributed by atoms with Crippen molar-refractivity contribution in [3.63, 3.8) is 0 Å². The minimum absolute atomic E-state index is 0.249. The van der Waals surface area contributed by atoms with Gasteiger partial charge >= 0.3 is 5.97 Å². The first-order chi connectivity index (χ1) is 10.2. The van der Waals surface area contributed by atoms with Crippen LogP contribution in [0.15, 0.2) is 24.3 Å². The second-order valence-electron chi connectivity index (χ2n) is 4.39. The van der Waals surface area contributed by atoms with Gasteiger partial charge in [0.05, 0.1) is 12.2 Å². The fourth-order valence-electron chi connectivity index (χ4n) is 2.13. The number of thiophene rings is 1. The Bertz CT molecular complexity index is 680. The number of rotatable bonds is 4. The summed E-state index contributed by atoms with van der Waals surface area (Å²) >= 11 is 1.50. The van der Waals surface area contributed by atoms with Gasteiger partial charge in [0, 0.05) is 11.9 Å². The number of fused-ring (bicyclic) bond motifs is 1. The van der Waals surface area contributed by atoms with Gasteiger partial charge < -0.3 is 19.5 Å². The number of carbonyl (C=O) groups is 1. The molecule has 5 nitrogen and oxygen atoms in total. The van der Waals surface area contributed by atoms with Gasteiger partial charge in [-0.05, 0) is 36.8 Å². The van der Waals surface area contributed by atoms with Crippen molar-refractivity contribution < 1.29 is 19.0 Å². The van der Waals surface area contributed by atoms with E-state index in [1.165, 1.54) is 11.3 Å². The summed E-state index contributed by atoms with van der Waals surface area (Å²) in [4.78, 5) is 12.9. The predicted molar refractivity (Wildman–Crippen MR) is 81.4 cm³/mol. The molecule has 0 spiro atoms. The average Bonchev–Trinajstić information content (AvgIpc) is 3.13. The monoisotopic (exact) mass is 305 g/mol. The Morgan fingerprint density at radius 2 is 2.14 bits per heavy atom. The Morgan fingerprint density at radius 1 is 1.33 bits per heavy atom. The number of hydrogen-bond donors (Lipinski definition) is 1. The maximum atomic E-state index is 12.0. The van der Waals surface area contributed by atoms with E-state index in [1.807, 2.05) is 24.3 Å². The molecule has 1 N–H and O–H groups in total. The number of hydrogen-bond acceptors (Lipinski definition) is 6. The quantitative estimate of drug-likeness (QED) is 0.878. The van der Waals surface area contributed by atoms with E-state index in [0.29, 0.717) is 12.2 Å². The fraction of sp³-hybridized carbons (Fsp3) is 0.267. The van der Waals surface area contributed by atoms with Crippen molar-refractivity contribution >= 4 is 22.3 Å². The van der Waals surface area contributed by atoms with Crippen LogP contribution in [0, 0.1) is 0 Å². The SMILES string of the molecule is CCOC(=O)c1cc(-c2ccc3c(c2)OCO3)sc1NC. The summed E-state index contributed by atoms with van der Waals surface area (Å²) in [6.45, 7) is 2.40. The van der Waals surface area contributed by atoms with Gasteiger partial charge in [0.25, 0.3) is 0 Å². The molecule has 110 valence electrons. The summed E-state index contributed by atoms with van der Waals surface area (Å²) in [6.07, 6.45) is 0. The van der Waals surface area contributed by atoms with Gasteiger partial charge in [-0.1, -0.05) is 0 Å². The summed E-state index contributed by atoms with van der Waals surface area (Å²) < 4.78 is 15.8. The molecule has 0 fully saturated rings. The molecule has 1 aromatic carbocycles. The third kappa shape index (κ3) is 2.54. The lowest BCUT2D eigenvalue weighted by atomic mass is 10.1. The molecule has 0 unspecified atom stereocenters. The molecule has 0 saturated heterocycles. The zero-order valence-electron chi connectivity index (χ0n) is 11.8. The highest BCUT2D eigenvalue weighted by atomic mass is 32.1. The third-order valence-electron chi connectivity index (χ3n) is 3.11. The summed E-state index contributed by atoms with van der Waals surface area (Å²) in [7, 11) is 1.79. The maximum absolute atomic E-state index is 12.0. The molecule has 0 amide bonds. The van der Waals surface area contributed by atoms with Crippen LogP contribution in [0.2, 0.25) is 0 Å². The Balaban J connectivity index is 1.97. The normalized spacial score (nSPS) is 12.3. The van der Waals surface area contributed by atoms with Crippen LogP contribution in [0.4, 0.5) is 5.00 Å². The van der Waals surface area contributed by atoms with Crippen LogP contribution in [0.1, 0.15) is 17.3 Å². The topological polar surface area (TPSA) is 56.8 Å². The Morgan fingerprint density at radius 3 is 2.90 bits per heavy atom. The lowest BCUT2D eigenvalue weighted by Crippen LogP contribution is -2.05. The van der Waals surface area contributed by atoms with Crippen LogP contribution >= 0.6 is 11.3 Å². The molecule has 0 bridgehead atoms. The predicted octanol–water partition coefficient (Wildman–Crippen LogP) is 3.36. The maximum Gasteiger partial charge on any atom is 0.341 e. The van der Waals surface area contributed by atoms with E-state index in [0.717, 1.165) is 26.9 Å². The summed E-state index contributed by atoms with van der Waals surface area (Å²) in [5.74, 6) is 1.16. The Labute approximate surface area is 126 Å². The molecule has 0 radical (unpaired) electrons. The van der Waals surface area contributed by atoms with Crippen LogP contribution in [0.25, 0.3) is 10.4 Å². The molecule has 0 aliphatic carbocycles. The molecule has 0 saturated carbocycles. The van der Waals surface area contributed by atoms with Gasteiger partial charge in [0.1, 0.15) is 5.00 Å². The lowest BCUT2D eigenvalue weighted by Gasteiger charge is -2.01. The summed E-state index contributed by atoms with van der Waals surface area (Å²) in [6, 6.07) is 7.59. The van der Waals surface area contributed by atoms with Crippen LogP contribution in [-0.4, -0.2) is 26.4 Å². The van der Waals surface area contributed by atoms with Crippen LogP contribution in [0.5, 0.6) is 11.5 Å². The Kier molecular flexibility index (Phi) is 3.70. The zero-order chi connectivity index (χ0) is 14.8. The number of esters is 1. The van der Waals surface area contributed by atoms with E-state index < -0.39 is 0 Å². The number of benzene rings is 1. The third-order valence-corrected chi connectivity index (χ3v) is 4.31. The van der Waals surface area contributed by atoms with Crippen molar-refractivity contribution in [3.8, 4) is 21.9 Å². The highest BCUT2D eigenvalue weighted by Gasteiger charge is 2.19. The molecule has 2 heterocycles. The zero-order valence-corrected chi connectivity index (χ0v) is 12.6. The summed E-state index contributed by atoms with van der Waals surface area (Å²) in [5, 5.41) is 3.83. The van der Waals surface area contributed by atoms with E-state index in [-0.39, 0.29) is 12.8 Å². The number of anilines is 1. The summed E-state index contributed by atoms with van der Waals surface area (Å²) in [5.41, 5.74) is 1.54. The molecule has 1 aliphatic rings. The number of carbonyl (C=O) groups excluding carboxylic acids is 1. The van der Waals surface area contributed by atoms with Crippen LogP contribution in [-0.2, 0) is 4.74 Å². The van der Waals surface area contributed by atoms with Gasteiger partial charge in [0.2, 0.25) is 6.79 Å². The molecule has 3 rings (SSSR count). The van der Waals surface area contributed by atoms with Gasteiger partial charge in [-0.25, -0.2) is 4.79 Å². The van der Waals surface area contributed by atoms with Gasteiger partial charge in [-0.15, -0.1) is 11.3 Å². The van der Waals surface area contributed by atoms with Crippen molar-refractivity contribution in [2.75, 3.05) is 25.8 Å². The van der Waals surface area contributed by atoms with Crippen molar-refractivity contribution in [2.45, 2.75) is 6.92 Å². The first-order valence-electron chi connectivity index (χ1n) is 6.61. The van der Waals surface area contributed by atoms with E-state index >= 15 is 0 Å². The van der Waals surface area contributed by atoms with Crippen LogP contribution in [0.3, 0.4) is 0 Å². The van der Waals surface area contributed by atoms with Crippen LogP contribution < -0.4 is 14.8 Å². The molecule has 21 heavy (non-hydrogen) atoms. The van der Waals surface area contributed by atoms with Gasteiger partial charge in [-0.2, -0.15) is 0 Å². The van der Waals surface area contributed by atoms with E-state index in [9.17, 15) is 4.79 Å². The van der Waals surface area contributed by atoms with Gasteiger partial charge in [0.15, 0.2) is 11.5 Å². The fourth-order valence-corrected chi connectivity index (χ4v) is 3.13. The lowest BCUT2D eigenvalue weighted by molar-refractivity contribution is 0.0528. The molecular formula is C15H15NO4S. The molecule has 0 atom stereocenters. The van der Waals surface area contributed by atoms with Crippen molar-refractivity contribution in [1.29, 1.82) is 0 Å². The first-order valence-corrected chi connectivity index (χ1v) is 7.43. The molecule has 6 heteroatoms. The second-order valence-corrected chi connectivity index (χ2v) is 5.44. The molecule has 1 aliphatic heterocycles. The standard InChI is InChI=1S/C15H15NO4S/c1-3-18-15(17)10-7-13(21-14(10)16-2)9-4-5-11-12(6-9)20-8-19-11/h4-7,16H,3,8H2,1-2H3. The smallest absolute Gasteiger partial charge is 0.341 e. The highest BCUT2D eigenvalue weighted by Crippen LogP contribution is 2.40. The first kappa shape index (κ1) is 13.8. The minimum atomic E-state index is -0.315. The number of ether oxygens (including phenoxy) is 3. The minimum Gasteiger partial charge on any atom is -0.462 e. The van der Waals surface area contributed by atoms with Crippen molar-refractivity contribution in [2.24, 2.45) is 0 Å². The van der Waals surface area contributed by atoms with Crippen molar-refractivity contribution in [3.05, 3.63) is 29.8 Å². The molecule has 2 aromatic rings. The number of nitrogens with one attached hydrogen (secondary N) is 1. The molecular weight excluding hydrogens is 290 g/mol. The van der Waals surface area contributed by atoms with E-state index in [1.54, 1.807) is 14.0 Å². The largest absolute Gasteiger partial charge is 0.462 e.